The van der Waals surface area contributed by atoms with Crippen LogP contribution in [-0.2, 0) is 10.2 Å². The zero-order valence-corrected chi connectivity index (χ0v) is 17.8. The Labute approximate surface area is 166 Å². The number of carbonyl (C=O) groups excluding carboxylic acids is 1. The standard InChI is InChI=1S/C24H38N2O/c1-5-12-20(13-6-2)24(19-25,21-16-10-9-11-17-21)18-22(14-7-3)26-23(27)15-8-4/h9-11,16-17,20,22H,5-8,12-15,18H2,1-4H3,(H,26,27). The molecule has 0 aliphatic heterocycles. The van der Waals surface area contributed by atoms with E-state index in [1.54, 1.807) is 0 Å². The minimum Gasteiger partial charge on any atom is -0.353 e. The summed E-state index contributed by atoms with van der Waals surface area (Å²) in [6.07, 6.45) is 8.23. The van der Waals surface area contributed by atoms with E-state index in [0.29, 0.717) is 18.8 Å². The molecule has 1 amide bonds. The van der Waals surface area contributed by atoms with Crippen molar-refractivity contribution in [3.63, 3.8) is 0 Å². The van der Waals surface area contributed by atoms with Gasteiger partial charge in [-0.3, -0.25) is 4.79 Å². The first-order chi connectivity index (χ1) is 13.1. The highest BCUT2D eigenvalue weighted by Gasteiger charge is 2.41. The Morgan fingerprint density at radius 1 is 1.00 bits per heavy atom. The molecule has 150 valence electrons. The average molecular weight is 371 g/mol. The third-order valence-electron chi connectivity index (χ3n) is 5.51. The SMILES string of the molecule is CCCC(=O)NC(CCC)CC(C#N)(c1ccccc1)C(CCC)CCC. The lowest BCUT2D eigenvalue weighted by Crippen LogP contribution is -2.44. The van der Waals surface area contributed by atoms with Gasteiger partial charge in [-0.25, -0.2) is 0 Å². The fourth-order valence-corrected chi connectivity index (χ4v) is 4.28. The van der Waals surface area contributed by atoms with E-state index < -0.39 is 5.41 Å². The second kappa shape index (κ2) is 12.5. The molecule has 3 nitrogen and oxygen atoms in total. The summed E-state index contributed by atoms with van der Waals surface area (Å²) < 4.78 is 0. The highest BCUT2D eigenvalue weighted by Crippen LogP contribution is 2.42. The fourth-order valence-electron chi connectivity index (χ4n) is 4.28. The van der Waals surface area contributed by atoms with E-state index in [0.717, 1.165) is 50.5 Å². The molecule has 0 aliphatic carbocycles. The van der Waals surface area contributed by atoms with Gasteiger partial charge in [-0.05, 0) is 43.6 Å². The summed E-state index contributed by atoms with van der Waals surface area (Å²) in [6.45, 7) is 8.56. The number of nitriles is 1. The lowest BCUT2D eigenvalue weighted by molar-refractivity contribution is -0.122. The maximum atomic E-state index is 12.3. The maximum absolute atomic E-state index is 12.3. The van der Waals surface area contributed by atoms with Crippen molar-refractivity contribution in [3.05, 3.63) is 35.9 Å². The van der Waals surface area contributed by atoms with E-state index in [9.17, 15) is 10.1 Å². The minimum absolute atomic E-state index is 0.0464. The molecule has 1 aromatic rings. The van der Waals surface area contributed by atoms with Gasteiger partial charge in [0, 0.05) is 12.5 Å². The fraction of sp³-hybridized carbons (Fsp3) is 0.667. The largest absolute Gasteiger partial charge is 0.353 e. The highest BCUT2D eigenvalue weighted by molar-refractivity contribution is 5.76. The van der Waals surface area contributed by atoms with Crippen LogP contribution in [0.25, 0.3) is 0 Å². The van der Waals surface area contributed by atoms with Gasteiger partial charge in [-0.1, -0.05) is 77.3 Å². The van der Waals surface area contributed by atoms with Crippen LogP contribution in [0, 0.1) is 17.2 Å². The van der Waals surface area contributed by atoms with Gasteiger partial charge >= 0.3 is 0 Å². The summed E-state index contributed by atoms with van der Waals surface area (Å²) in [5, 5.41) is 13.7. The van der Waals surface area contributed by atoms with Crippen molar-refractivity contribution in [2.75, 3.05) is 0 Å². The lowest BCUT2D eigenvalue weighted by atomic mass is 9.64. The Morgan fingerprint density at radius 2 is 1.59 bits per heavy atom. The first-order valence-electron chi connectivity index (χ1n) is 10.8. The van der Waals surface area contributed by atoms with Gasteiger partial charge in [0.2, 0.25) is 5.91 Å². The Kier molecular flexibility index (Phi) is 10.8. The molecule has 1 rings (SSSR count). The lowest BCUT2D eigenvalue weighted by Gasteiger charge is -2.38. The third kappa shape index (κ3) is 6.69. The topological polar surface area (TPSA) is 52.9 Å². The summed E-state index contributed by atoms with van der Waals surface area (Å²) >= 11 is 0. The summed E-state index contributed by atoms with van der Waals surface area (Å²) in [6, 6.07) is 13.0. The number of hydrogen-bond acceptors (Lipinski definition) is 2. The average Bonchev–Trinajstić information content (AvgIpc) is 2.67. The molecule has 27 heavy (non-hydrogen) atoms. The summed E-state index contributed by atoms with van der Waals surface area (Å²) in [5.41, 5.74) is 0.553. The Hall–Kier alpha value is -1.82. The smallest absolute Gasteiger partial charge is 0.220 e. The van der Waals surface area contributed by atoms with E-state index in [1.165, 1.54) is 0 Å². The summed E-state index contributed by atoms with van der Waals surface area (Å²) in [4.78, 5) is 12.3. The molecule has 3 heteroatoms. The summed E-state index contributed by atoms with van der Waals surface area (Å²) in [7, 11) is 0. The molecule has 0 saturated carbocycles. The first-order valence-corrected chi connectivity index (χ1v) is 10.8. The van der Waals surface area contributed by atoms with Gasteiger partial charge < -0.3 is 5.32 Å². The van der Waals surface area contributed by atoms with Crippen molar-refractivity contribution in [2.24, 2.45) is 5.92 Å². The maximum Gasteiger partial charge on any atom is 0.220 e. The van der Waals surface area contributed by atoms with Crippen LogP contribution in [-0.4, -0.2) is 11.9 Å². The zero-order chi connectivity index (χ0) is 20.1. The number of nitrogens with zero attached hydrogens (tertiary/aromatic N) is 1. The van der Waals surface area contributed by atoms with E-state index in [1.807, 2.05) is 25.1 Å². The van der Waals surface area contributed by atoms with Crippen molar-refractivity contribution >= 4 is 5.91 Å². The van der Waals surface area contributed by atoms with Gasteiger partial charge in [0.05, 0.1) is 11.5 Å². The monoisotopic (exact) mass is 370 g/mol. The summed E-state index contributed by atoms with van der Waals surface area (Å²) in [5.74, 6) is 0.417. The molecule has 0 saturated heterocycles. The van der Waals surface area contributed by atoms with Crippen LogP contribution in [0.5, 0.6) is 0 Å². The number of benzene rings is 1. The van der Waals surface area contributed by atoms with Crippen LogP contribution in [0.4, 0.5) is 0 Å². The highest BCUT2D eigenvalue weighted by atomic mass is 16.1. The van der Waals surface area contributed by atoms with Crippen molar-refractivity contribution < 1.29 is 4.79 Å². The Bertz CT molecular complexity index is 572. The van der Waals surface area contributed by atoms with Gasteiger partial charge in [0.15, 0.2) is 0 Å². The van der Waals surface area contributed by atoms with Crippen LogP contribution in [0.3, 0.4) is 0 Å². The Balaban J connectivity index is 3.29. The zero-order valence-electron chi connectivity index (χ0n) is 17.8. The van der Waals surface area contributed by atoms with Gasteiger partial charge in [0.25, 0.3) is 0 Å². The van der Waals surface area contributed by atoms with Crippen molar-refractivity contribution in [3.8, 4) is 6.07 Å². The molecule has 0 aliphatic rings. The van der Waals surface area contributed by atoms with Gasteiger partial charge in [-0.15, -0.1) is 0 Å². The minimum atomic E-state index is -0.549. The second-order valence-corrected chi connectivity index (χ2v) is 7.73. The number of nitrogens with one attached hydrogen (secondary N) is 1. The number of rotatable bonds is 13. The molecule has 1 aromatic carbocycles. The normalized spacial score (nSPS) is 14.4. The molecule has 0 spiro atoms. The van der Waals surface area contributed by atoms with Gasteiger partial charge in [-0.2, -0.15) is 5.26 Å². The van der Waals surface area contributed by atoms with E-state index in [-0.39, 0.29) is 11.9 Å². The molecule has 2 unspecified atom stereocenters. The molecule has 0 bridgehead atoms. The molecular formula is C24H38N2O. The van der Waals surface area contributed by atoms with Crippen molar-refractivity contribution in [1.82, 2.24) is 5.32 Å². The number of carbonyl (C=O) groups is 1. The first kappa shape index (κ1) is 23.2. The van der Waals surface area contributed by atoms with E-state index in [4.69, 9.17) is 0 Å². The molecule has 0 fully saturated rings. The quantitative estimate of drug-likeness (QED) is 0.453. The van der Waals surface area contributed by atoms with Crippen LogP contribution >= 0.6 is 0 Å². The third-order valence-corrected chi connectivity index (χ3v) is 5.51. The predicted octanol–water partition coefficient (Wildman–Crippen LogP) is 6.14. The predicted molar refractivity (Wildman–Crippen MR) is 113 cm³/mol. The Morgan fingerprint density at radius 3 is 2.07 bits per heavy atom. The number of hydrogen-bond donors (Lipinski definition) is 1. The van der Waals surface area contributed by atoms with Crippen LogP contribution in [0.2, 0.25) is 0 Å². The molecule has 1 N–H and O–H groups in total. The number of amides is 1. The molecule has 0 aromatic heterocycles. The van der Waals surface area contributed by atoms with Gasteiger partial charge in [0.1, 0.15) is 0 Å². The van der Waals surface area contributed by atoms with Crippen LogP contribution in [0.15, 0.2) is 30.3 Å². The van der Waals surface area contributed by atoms with Crippen LogP contribution < -0.4 is 5.32 Å². The molecule has 2 atom stereocenters. The van der Waals surface area contributed by atoms with E-state index >= 15 is 0 Å². The van der Waals surface area contributed by atoms with Crippen molar-refractivity contribution in [2.45, 2.75) is 96.9 Å². The van der Waals surface area contributed by atoms with E-state index in [2.05, 4.69) is 44.3 Å². The second-order valence-electron chi connectivity index (χ2n) is 7.73. The van der Waals surface area contributed by atoms with Crippen molar-refractivity contribution in [1.29, 1.82) is 5.26 Å². The molecule has 0 radical (unpaired) electrons. The van der Waals surface area contributed by atoms with Crippen LogP contribution in [0.1, 0.15) is 91.0 Å². The molecule has 0 heterocycles. The molecular weight excluding hydrogens is 332 g/mol.